The van der Waals surface area contributed by atoms with E-state index in [1.807, 2.05) is 18.4 Å². The topological polar surface area (TPSA) is 12.0 Å². The summed E-state index contributed by atoms with van der Waals surface area (Å²) in [7, 11) is 0. The molecule has 1 atom stereocenters. The lowest BCUT2D eigenvalue weighted by molar-refractivity contribution is 0.540. The van der Waals surface area contributed by atoms with Crippen LogP contribution in [0.4, 0.5) is 4.39 Å². The molecule has 98 valence electrons. The molecule has 0 aliphatic carbocycles. The minimum Gasteiger partial charge on any atom is -0.310 e. The normalized spacial score (nSPS) is 12.1. The van der Waals surface area contributed by atoms with Gasteiger partial charge >= 0.3 is 0 Å². The van der Waals surface area contributed by atoms with Gasteiger partial charge in [0.2, 0.25) is 0 Å². The highest BCUT2D eigenvalue weighted by Gasteiger charge is 2.08. The van der Waals surface area contributed by atoms with Crippen molar-refractivity contribution in [3.8, 4) is 12.3 Å². The van der Waals surface area contributed by atoms with E-state index in [0.29, 0.717) is 4.90 Å². The Hall–Kier alpha value is -0.980. The Morgan fingerprint density at radius 1 is 1.44 bits per heavy atom. The molecule has 0 saturated heterocycles. The molecule has 0 saturated carbocycles. The van der Waals surface area contributed by atoms with E-state index in [1.54, 1.807) is 6.07 Å². The lowest BCUT2D eigenvalue weighted by Crippen LogP contribution is -2.19. The molecule has 1 aromatic carbocycles. The van der Waals surface area contributed by atoms with Crippen LogP contribution >= 0.6 is 11.8 Å². The highest BCUT2D eigenvalue weighted by molar-refractivity contribution is 7.98. The highest BCUT2D eigenvalue weighted by atomic mass is 32.2. The summed E-state index contributed by atoms with van der Waals surface area (Å²) in [5, 5.41) is 3.38. The van der Waals surface area contributed by atoms with Gasteiger partial charge in [0.05, 0.1) is 0 Å². The summed E-state index contributed by atoms with van der Waals surface area (Å²) >= 11 is 1.43. The summed E-state index contributed by atoms with van der Waals surface area (Å²) in [4.78, 5) is 0.694. The minimum absolute atomic E-state index is 0.138. The van der Waals surface area contributed by atoms with Crippen LogP contribution in [0.15, 0.2) is 23.1 Å². The van der Waals surface area contributed by atoms with E-state index in [2.05, 4.69) is 18.2 Å². The third kappa shape index (κ3) is 4.72. The van der Waals surface area contributed by atoms with Crippen LogP contribution in [0.25, 0.3) is 0 Å². The van der Waals surface area contributed by atoms with Crippen molar-refractivity contribution in [3.05, 3.63) is 29.6 Å². The molecule has 1 nitrogen and oxygen atoms in total. The van der Waals surface area contributed by atoms with Crippen molar-refractivity contribution in [3.63, 3.8) is 0 Å². The molecule has 1 rings (SSSR count). The van der Waals surface area contributed by atoms with Crippen molar-refractivity contribution >= 4 is 11.8 Å². The lowest BCUT2D eigenvalue weighted by atomic mass is 10.1. The van der Waals surface area contributed by atoms with Gasteiger partial charge < -0.3 is 5.32 Å². The summed E-state index contributed by atoms with van der Waals surface area (Å²) in [6, 6.07) is 5.60. The van der Waals surface area contributed by atoms with Crippen LogP contribution in [0.3, 0.4) is 0 Å². The van der Waals surface area contributed by atoms with Crippen LogP contribution in [0, 0.1) is 18.2 Å². The predicted molar refractivity (Wildman–Crippen MR) is 77.3 cm³/mol. The molecule has 1 unspecified atom stereocenters. The molecule has 1 aromatic rings. The molecule has 1 N–H and O–H groups in total. The SMILES string of the molecule is C#CCCCCNC(C)c1ccc(SC)c(F)c1. The molecule has 0 aromatic heterocycles. The van der Waals surface area contributed by atoms with Crippen molar-refractivity contribution in [2.45, 2.75) is 37.1 Å². The summed E-state index contributed by atoms with van der Waals surface area (Å²) in [6.07, 6.45) is 9.99. The first-order chi connectivity index (χ1) is 8.69. The van der Waals surface area contributed by atoms with E-state index in [-0.39, 0.29) is 11.9 Å². The quantitative estimate of drug-likeness (QED) is 0.454. The Morgan fingerprint density at radius 2 is 2.22 bits per heavy atom. The Kier molecular flexibility index (Phi) is 6.85. The van der Waals surface area contributed by atoms with E-state index < -0.39 is 0 Å². The number of rotatable bonds is 7. The maximum absolute atomic E-state index is 13.6. The third-order valence-electron chi connectivity index (χ3n) is 2.87. The van der Waals surface area contributed by atoms with E-state index in [0.717, 1.165) is 31.4 Å². The van der Waals surface area contributed by atoms with Crippen molar-refractivity contribution in [2.24, 2.45) is 0 Å². The van der Waals surface area contributed by atoms with Crippen molar-refractivity contribution < 1.29 is 4.39 Å². The fraction of sp³-hybridized carbons (Fsp3) is 0.467. The largest absolute Gasteiger partial charge is 0.310 e. The summed E-state index contributed by atoms with van der Waals surface area (Å²) in [6.45, 7) is 2.96. The summed E-state index contributed by atoms with van der Waals surface area (Å²) < 4.78 is 13.6. The van der Waals surface area contributed by atoms with E-state index in [9.17, 15) is 4.39 Å². The maximum atomic E-state index is 13.6. The standard InChI is InChI=1S/C15H20FNS/c1-4-5-6-7-10-17-12(2)13-8-9-15(18-3)14(16)11-13/h1,8-9,11-12,17H,5-7,10H2,2-3H3. The number of hydrogen-bond donors (Lipinski definition) is 1. The average Bonchev–Trinajstić information content (AvgIpc) is 2.38. The van der Waals surface area contributed by atoms with Gasteiger partial charge in [-0.3, -0.25) is 0 Å². The van der Waals surface area contributed by atoms with Gasteiger partial charge in [0, 0.05) is 17.4 Å². The molecule has 3 heteroatoms. The molecule has 0 spiro atoms. The zero-order valence-electron chi connectivity index (χ0n) is 11.0. The van der Waals surface area contributed by atoms with Gasteiger partial charge in [-0.15, -0.1) is 24.1 Å². The number of unbranched alkanes of at least 4 members (excludes halogenated alkanes) is 2. The second-order valence-corrected chi connectivity index (χ2v) is 5.08. The molecule has 0 radical (unpaired) electrons. The van der Waals surface area contributed by atoms with Crippen LogP contribution in [0.1, 0.15) is 37.8 Å². The monoisotopic (exact) mass is 265 g/mol. The molecule has 0 aliphatic heterocycles. The second-order valence-electron chi connectivity index (χ2n) is 4.23. The third-order valence-corrected chi connectivity index (χ3v) is 3.65. The van der Waals surface area contributed by atoms with Crippen LogP contribution in [-0.2, 0) is 0 Å². The van der Waals surface area contributed by atoms with Gasteiger partial charge in [-0.2, -0.15) is 0 Å². The number of thioether (sulfide) groups is 1. The molecule has 0 fully saturated rings. The van der Waals surface area contributed by atoms with Crippen molar-refractivity contribution in [1.82, 2.24) is 5.32 Å². The molecular formula is C15H20FNS. The van der Waals surface area contributed by atoms with Gasteiger partial charge in [-0.05, 0) is 50.3 Å². The van der Waals surface area contributed by atoms with Crippen molar-refractivity contribution in [1.29, 1.82) is 0 Å². The van der Waals surface area contributed by atoms with E-state index >= 15 is 0 Å². The van der Waals surface area contributed by atoms with Gasteiger partial charge in [0.1, 0.15) is 5.82 Å². The molecule has 0 aliphatic rings. The zero-order valence-corrected chi connectivity index (χ0v) is 11.8. The lowest BCUT2D eigenvalue weighted by Gasteiger charge is -2.14. The van der Waals surface area contributed by atoms with E-state index in [1.165, 1.54) is 11.8 Å². The van der Waals surface area contributed by atoms with E-state index in [4.69, 9.17) is 6.42 Å². The Labute approximate surface area is 114 Å². The smallest absolute Gasteiger partial charge is 0.137 e. The van der Waals surface area contributed by atoms with Gasteiger partial charge in [-0.1, -0.05) is 6.07 Å². The Bertz CT molecular complexity index is 411. The molecule has 0 heterocycles. The highest BCUT2D eigenvalue weighted by Crippen LogP contribution is 2.22. The Morgan fingerprint density at radius 3 is 2.83 bits per heavy atom. The van der Waals surface area contributed by atoms with Crippen molar-refractivity contribution in [2.75, 3.05) is 12.8 Å². The summed E-state index contributed by atoms with van der Waals surface area (Å²) in [5.74, 6) is 2.49. The molecule has 18 heavy (non-hydrogen) atoms. The predicted octanol–water partition coefficient (Wildman–Crippen LogP) is 4.00. The van der Waals surface area contributed by atoms with Gasteiger partial charge in [0.15, 0.2) is 0 Å². The number of benzene rings is 1. The molecule has 0 amide bonds. The first-order valence-electron chi connectivity index (χ1n) is 6.19. The first-order valence-corrected chi connectivity index (χ1v) is 7.41. The molecule has 0 bridgehead atoms. The maximum Gasteiger partial charge on any atom is 0.137 e. The Balaban J connectivity index is 2.44. The summed E-state index contributed by atoms with van der Waals surface area (Å²) in [5.41, 5.74) is 0.988. The zero-order chi connectivity index (χ0) is 13.4. The fourth-order valence-electron chi connectivity index (χ4n) is 1.74. The number of terminal acetylenes is 1. The number of halogens is 1. The minimum atomic E-state index is -0.138. The van der Waals surface area contributed by atoms with Gasteiger partial charge in [0.25, 0.3) is 0 Å². The van der Waals surface area contributed by atoms with Gasteiger partial charge in [-0.25, -0.2) is 4.39 Å². The van der Waals surface area contributed by atoms with Crippen LogP contribution in [0.2, 0.25) is 0 Å². The van der Waals surface area contributed by atoms with Crippen LogP contribution < -0.4 is 5.32 Å². The second kappa shape index (κ2) is 8.18. The number of nitrogens with one attached hydrogen (secondary N) is 1. The number of hydrogen-bond acceptors (Lipinski definition) is 2. The molecular weight excluding hydrogens is 245 g/mol. The van der Waals surface area contributed by atoms with Crippen LogP contribution in [-0.4, -0.2) is 12.8 Å². The average molecular weight is 265 g/mol. The fourth-order valence-corrected chi connectivity index (χ4v) is 2.20. The first kappa shape index (κ1) is 15.1. The van der Waals surface area contributed by atoms with Crippen LogP contribution in [0.5, 0.6) is 0 Å².